The maximum atomic E-state index is 12.3. The number of Topliss-reactive ketones (excluding diaryl/α,β-unsaturated/α-hetero) is 1. The number of amides is 1. The van der Waals surface area contributed by atoms with E-state index in [1.165, 1.54) is 14.0 Å². The van der Waals surface area contributed by atoms with Crippen molar-refractivity contribution in [2.45, 2.75) is 6.92 Å². The number of ketones is 1. The summed E-state index contributed by atoms with van der Waals surface area (Å²) in [6.07, 6.45) is 0. The minimum Gasteiger partial charge on any atom is -0.495 e. The predicted molar refractivity (Wildman–Crippen MR) is 84.2 cm³/mol. The second kappa shape index (κ2) is 6.85. The Labute approximate surface area is 126 Å². The molecule has 0 unspecified atom stereocenters. The number of rotatable bonds is 4. The molecule has 1 amide bonds. The molecule has 1 aromatic carbocycles. The molecule has 106 valence electrons. The molecule has 1 aliphatic rings. The highest BCUT2D eigenvalue weighted by molar-refractivity contribution is 8.25. The van der Waals surface area contributed by atoms with Gasteiger partial charge in [-0.25, -0.2) is 0 Å². The Hall–Kier alpha value is -1.40. The molecule has 0 saturated carbocycles. The normalized spacial score (nSPS) is 14.0. The van der Waals surface area contributed by atoms with Crippen molar-refractivity contribution in [1.82, 2.24) is 0 Å². The van der Waals surface area contributed by atoms with E-state index in [1.54, 1.807) is 41.7 Å². The first kappa shape index (κ1) is 15.0. The van der Waals surface area contributed by atoms with E-state index in [2.05, 4.69) is 5.32 Å². The second-order valence-corrected chi connectivity index (χ2v) is 6.54. The van der Waals surface area contributed by atoms with Crippen LogP contribution in [0.3, 0.4) is 0 Å². The van der Waals surface area contributed by atoms with Crippen LogP contribution in [0.5, 0.6) is 5.75 Å². The van der Waals surface area contributed by atoms with Gasteiger partial charge in [-0.2, -0.15) is 0 Å². The summed E-state index contributed by atoms with van der Waals surface area (Å²) in [5.74, 6) is 1.84. The minimum absolute atomic E-state index is 0.214. The van der Waals surface area contributed by atoms with Crippen LogP contribution in [0.15, 0.2) is 34.1 Å². The summed E-state index contributed by atoms with van der Waals surface area (Å²) in [5, 5.41) is 2.75. The molecule has 0 atom stereocenters. The quantitative estimate of drug-likeness (QED) is 0.526. The number of nitrogens with one attached hydrogen (secondary N) is 1. The lowest BCUT2D eigenvalue weighted by atomic mass is 10.2. The molecule has 6 heteroatoms. The predicted octanol–water partition coefficient (Wildman–Crippen LogP) is 2.91. The van der Waals surface area contributed by atoms with Gasteiger partial charge in [0.15, 0.2) is 5.78 Å². The molecule has 0 aromatic heterocycles. The zero-order chi connectivity index (χ0) is 14.5. The molecule has 0 radical (unpaired) electrons. The van der Waals surface area contributed by atoms with Gasteiger partial charge in [0.05, 0.1) is 17.0 Å². The number of para-hydroxylation sites is 2. The van der Waals surface area contributed by atoms with Crippen LogP contribution in [-0.4, -0.2) is 30.3 Å². The Balaban J connectivity index is 2.26. The highest BCUT2D eigenvalue weighted by Gasteiger charge is 2.24. The molecule has 1 aromatic rings. The van der Waals surface area contributed by atoms with Crippen LogP contribution in [0.25, 0.3) is 0 Å². The smallest absolute Gasteiger partial charge is 0.261 e. The summed E-state index contributed by atoms with van der Waals surface area (Å²) >= 11 is 3.11. The lowest BCUT2D eigenvalue weighted by molar-refractivity contribution is -0.118. The Bertz CT molecular complexity index is 561. The van der Waals surface area contributed by atoms with E-state index in [9.17, 15) is 9.59 Å². The van der Waals surface area contributed by atoms with Crippen molar-refractivity contribution in [2.24, 2.45) is 0 Å². The van der Waals surface area contributed by atoms with Crippen LogP contribution < -0.4 is 10.1 Å². The molecule has 2 rings (SSSR count). The van der Waals surface area contributed by atoms with Crippen LogP contribution in [-0.2, 0) is 9.59 Å². The number of carbonyl (C=O) groups is 2. The molecule has 0 bridgehead atoms. The van der Waals surface area contributed by atoms with Gasteiger partial charge < -0.3 is 10.1 Å². The van der Waals surface area contributed by atoms with E-state index in [0.29, 0.717) is 11.4 Å². The van der Waals surface area contributed by atoms with Gasteiger partial charge in [0.2, 0.25) is 0 Å². The first-order valence-corrected chi connectivity index (χ1v) is 8.05. The highest BCUT2D eigenvalue weighted by atomic mass is 32.2. The molecular formula is C14H15NO3S2. The number of hydrogen-bond acceptors (Lipinski definition) is 5. The molecule has 1 N–H and O–H groups in total. The average Bonchev–Trinajstić information content (AvgIpc) is 2.92. The summed E-state index contributed by atoms with van der Waals surface area (Å²) in [7, 11) is 1.54. The van der Waals surface area contributed by atoms with Crippen molar-refractivity contribution < 1.29 is 14.3 Å². The van der Waals surface area contributed by atoms with Crippen molar-refractivity contribution >= 4 is 40.9 Å². The van der Waals surface area contributed by atoms with E-state index < -0.39 is 0 Å². The van der Waals surface area contributed by atoms with Crippen molar-refractivity contribution in [3.63, 3.8) is 0 Å². The van der Waals surface area contributed by atoms with E-state index in [-0.39, 0.29) is 17.3 Å². The third-order valence-corrected chi connectivity index (χ3v) is 5.40. The number of hydrogen-bond donors (Lipinski definition) is 1. The summed E-state index contributed by atoms with van der Waals surface area (Å²) in [4.78, 5) is 24.1. The monoisotopic (exact) mass is 309 g/mol. The molecule has 0 spiro atoms. The fourth-order valence-electron chi connectivity index (χ4n) is 1.78. The highest BCUT2D eigenvalue weighted by Crippen LogP contribution is 2.39. The summed E-state index contributed by atoms with van der Waals surface area (Å²) in [6.45, 7) is 1.42. The Morgan fingerprint density at radius 3 is 2.45 bits per heavy atom. The molecule has 1 aliphatic heterocycles. The van der Waals surface area contributed by atoms with Crippen LogP contribution >= 0.6 is 23.5 Å². The van der Waals surface area contributed by atoms with E-state index in [1.807, 2.05) is 6.07 Å². The fraction of sp³-hybridized carbons (Fsp3) is 0.286. The van der Waals surface area contributed by atoms with Crippen molar-refractivity contribution in [2.75, 3.05) is 23.9 Å². The SMILES string of the molecule is COc1ccccc1NC(=O)C(C(C)=O)=C1SCCS1. The molecule has 0 aliphatic carbocycles. The van der Waals surface area contributed by atoms with Gasteiger partial charge in [0.1, 0.15) is 11.3 Å². The Morgan fingerprint density at radius 2 is 1.85 bits per heavy atom. The topological polar surface area (TPSA) is 55.4 Å². The molecule has 1 saturated heterocycles. The Kier molecular flexibility index (Phi) is 5.14. The number of benzene rings is 1. The van der Waals surface area contributed by atoms with Crippen molar-refractivity contribution in [1.29, 1.82) is 0 Å². The lowest BCUT2D eigenvalue weighted by Crippen LogP contribution is -2.20. The number of anilines is 1. The van der Waals surface area contributed by atoms with Crippen LogP contribution in [0, 0.1) is 0 Å². The number of methoxy groups -OCH3 is 1. The minimum atomic E-state index is -0.376. The van der Waals surface area contributed by atoms with Gasteiger partial charge in [-0.1, -0.05) is 12.1 Å². The summed E-state index contributed by atoms with van der Waals surface area (Å²) in [6, 6.07) is 7.13. The number of ether oxygens (including phenoxy) is 1. The van der Waals surface area contributed by atoms with Gasteiger partial charge in [-0.05, 0) is 19.1 Å². The third kappa shape index (κ3) is 3.37. The van der Waals surface area contributed by atoms with Crippen LogP contribution in [0.1, 0.15) is 6.92 Å². The molecular weight excluding hydrogens is 294 g/mol. The second-order valence-electron chi connectivity index (χ2n) is 4.07. The summed E-state index contributed by atoms with van der Waals surface area (Å²) in [5.41, 5.74) is 0.802. The first-order valence-electron chi connectivity index (χ1n) is 6.08. The average molecular weight is 309 g/mol. The van der Waals surface area contributed by atoms with Gasteiger partial charge in [0.25, 0.3) is 5.91 Å². The van der Waals surface area contributed by atoms with Crippen LogP contribution in [0.4, 0.5) is 5.69 Å². The van der Waals surface area contributed by atoms with E-state index in [0.717, 1.165) is 15.7 Å². The third-order valence-electron chi connectivity index (χ3n) is 2.69. The van der Waals surface area contributed by atoms with Gasteiger partial charge >= 0.3 is 0 Å². The van der Waals surface area contributed by atoms with Crippen LogP contribution in [0.2, 0.25) is 0 Å². The maximum Gasteiger partial charge on any atom is 0.261 e. The molecule has 4 nitrogen and oxygen atoms in total. The van der Waals surface area contributed by atoms with Crippen molar-refractivity contribution in [3.8, 4) is 5.75 Å². The maximum absolute atomic E-state index is 12.3. The lowest BCUT2D eigenvalue weighted by Gasteiger charge is -2.11. The largest absolute Gasteiger partial charge is 0.495 e. The van der Waals surface area contributed by atoms with Gasteiger partial charge in [-0.3, -0.25) is 9.59 Å². The Morgan fingerprint density at radius 1 is 1.20 bits per heavy atom. The molecule has 1 fully saturated rings. The molecule has 1 heterocycles. The number of carbonyl (C=O) groups excluding carboxylic acids is 2. The van der Waals surface area contributed by atoms with E-state index in [4.69, 9.17) is 4.74 Å². The fourth-order valence-corrected chi connectivity index (χ4v) is 4.42. The standard InChI is InChI=1S/C14H15NO3S2/c1-9(16)12(14-19-7-8-20-14)13(17)15-10-5-3-4-6-11(10)18-2/h3-6H,7-8H2,1-2H3,(H,15,17). The van der Waals surface area contributed by atoms with Gasteiger partial charge in [-0.15, -0.1) is 23.5 Å². The number of thioether (sulfide) groups is 2. The first-order chi connectivity index (χ1) is 9.63. The zero-order valence-corrected chi connectivity index (χ0v) is 12.9. The molecule has 20 heavy (non-hydrogen) atoms. The van der Waals surface area contributed by atoms with Crippen molar-refractivity contribution in [3.05, 3.63) is 34.1 Å². The zero-order valence-electron chi connectivity index (χ0n) is 11.3. The van der Waals surface area contributed by atoms with Gasteiger partial charge in [0, 0.05) is 11.5 Å². The van der Waals surface area contributed by atoms with E-state index >= 15 is 0 Å². The summed E-state index contributed by atoms with van der Waals surface area (Å²) < 4.78 is 6.00.